The molecule has 1 aromatic carbocycles. The van der Waals surface area contributed by atoms with Gasteiger partial charge in [-0.05, 0) is 24.5 Å². The van der Waals surface area contributed by atoms with Gasteiger partial charge in [-0.3, -0.25) is 14.7 Å². The lowest BCUT2D eigenvalue weighted by Crippen LogP contribution is -2.45. The molecule has 0 saturated carbocycles. The van der Waals surface area contributed by atoms with E-state index in [0.717, 1.165) is 5.56 Å². The summed E-state index contributed by atoms with van der Waals surface area (Å²) in [4.78, 5) is 25.8. The van der Waals surface area contributed by atoms with Crippen molar-refractivity contribution in [3.63, 3.8) is 0 Å². The summed E-state index contributed by atoms with van der Waals surface area (Å²) in [5, 5.41) is 16.7. The van der Waals surface area contributed by atoms with E-state index in [1.807, 2.05) is 13.0 Å². The van der Waals surface area contributed by atoms with Crippen molar-refractivity contribution in [1.29, 1.82) is 0 Å². The highest BCUT2D eigenvalue weighted by molar-refractivity contribution is 6.30. The maximum Gasteiger partial charge on any atom is 0.308 e. The number of aromatic nitrogens is 2. The van der Waals surface area contributed by atoms with Gasteiger partial charge in [0.1, 0.15) is 0 Å². The summed E-state index contributed by atoms with van der Waals surface area (Å²) < 4.78 is 0. The van der Waals surface area contributed by atoms with Gasteiger partial charge in [-0.15, -0.1) is 0 Å². The molecule has 1 aromatic heterocycles. The molecule has 0 bridgehead atoms. The van der Waals surface area contributed by atoms with Gasteiger partial charge in [0, 0.05) is 23.7 Å². The number of rotatable bonds is 3. The lowest BCUT2D eigenvalue weighted by molar-refractivity contribution is -0.143. The average Bonchev–Trinajstić information content (AvgIpc) is 3.03. The van der Waals surface area contributed by atoms with E-state index < -0.39 is 11.9 Å². The van der Waals surface area contributed by atoms with Crippen molar-refractivity contribution in [2.45, 2.75) is 13.3 Å². The topological polar surface area (TPSA) is 86.3 Å². The Morgan fingerprint density at radius 1 is 1.38 bits per heavy atom. The van der Waals surface area contributed by atoms with Gasteiger partial charge in [0.25, 0.3) is 5.91 Å². The third-order valence-electron chi connectivity index (χ3n) is 4.28. The number of aromatic amines is 1. The van der Waals surface area contributed by atoms with E-state index in [0.29, 0.717) is 29.2 Å². The smallest absolute Gasteiger partial charge is 0.308 e. The Bertz CT molecular complexity index is 774. The van der Waals surface area contributed by atoms with Crippen LogP contribution in [0.15, 0.2) is 30.5 Å². The fourth-order valence-electron chi connectivity index (χ4n) is 3.18. The van der Waals surface area contributed by atoms with Crippen molar-refractivity contribution < 1.29 is 14.7 Å². The zero-order valence-electron chi connectivity index (χ0n) is 13.2. The van der Waals surface area contributed by atoms with Crippen molar-refractivity contribution >= 4 is 23.5 Å². The number of carboxylic acids is 1. The van der Waals surface area contributed by atoms with E-state index in [4.69, 9.17) is 11.6 Å². The third-order valence-corrected chi connectivity index (χ3v) is 4.51. The van der Waals surface area contributed by atoms with Gasteiger partial charge >= 0.3 is 5.97 Å². The lowest BCUT2D eigenvalue weighted by Gasteiger charge is -2.34. The molecule has 1 fully saturated rings. The summed E-state index contributed by atoms with van der Waals surface area (Å²) in [7, 11) is 0. The number of hydrogen-bond donors (Lipinski definition) is 2. The molecule has 3 rings (SSSR count). The molecule has 0 aliphatic carbocycles. The number of piperidine rings is 1. The number of nitrogens with one attached hydrogen (secondary N) is 1. The second-order valence-corrected chi connectivity index (χ2v) is 6.69. The number of amides is 1. The van der Waals surface area contributed by atoms with Crippen LogP contribution in [-0.4, -0.2) is 45.2 Å². The summed E-state index contributed by atoms with van der Waals surface area (Å²) in [6.45, 7) is 2.73. The van der Waals surface area contributed by atoms with Gasteiger partial charge in [0.05, 0.1) is 23.4 Å². The molecule has 2 N–H and O–H groups in total. The number of halogens is 1. The van der Waals surface area contributed by atoms with Gasteiger partial charge in [-0.1, -0.05) is 30.7 Å². The Labute approximate surface area is 144 Å². The molecule has 126 valence electrons. The number of carboxylic acid groups (broad SMARTS) is 1. The zero-order valence-corrected chi connectivity index (χ0v) is 14.0. The van der Waals surface area contributed by atoms with Gasteiger partial charge < -0.3 is 10.0 Å². The van der Waals surface area contributed by atoms with Gasteiger partial charge in [-0.25, -0.2) is 0 Å². The molecule has 2 aromatic rings. The largest absolute Gasteiger partial charge is 0.481 e. The summed E-state index contributed by atoms with van der Waals surface area (Å²) >= 11 is 6.02. The van der Waals surface area contributed by atoms with Crippen LogP contribution in [0.5, 0.6) is 0 Å². The van der Waals surface area contributed by atoms with Crippen LogP contribution >= 0.6 is 11.6 Å². The second kappa shape index (κ2) is 6.65. The van der Waals surface area contributed by atoms with Crippen molar-refractivity contribution in [2.75, 3.05) is 13.1 Å². The minimum Gasteiger partial charge on any atom is -0.481 e. The van der Waals surface area contributed by atoms with Crippen molar-refractivity contribution in [3.05, 3.63) is 41.0 Å². The highest BCUT2D eigenvalue weighted by Crippen LogP contribution is 2.28. The van der Waals surface area contributed by atoms with E-state index in [-0.39, 0.29) is 18.4 Å². The Balaban J connectivity index is 1.88. The number of likely N-dealkylation sites (tertiary alicyclic amines) is 1. The molecule has 1 amide bonds. The van der Waals surface area contributed by atoms with E-state index in [9.17, 15) is 14.7 Å². The first-order chi connectivity index (χ1) is 11.5. The Kier molecular flexibility index (Phi) is 4.57. The SMILES string of the molecule is CC1CC(C(=O)O)CN(C(=O)c2cn[nH]c2-c2cccc(Cl)c2)C1. The monoisotopic (exact) mass is 347 g/mol. The third kappa shape index (κ3) is 3.28. The molecule has 0 spiro atoms. The molecule has 0 radical (unpaired) electrons. The van der Waals surface area contributed by atoms with Crippen LogP contribution in [0, 0.1) is 11.8 Å². The number of carbonyl (C=O) groups is 2. The summed E-state index contributed by atoms with van der Waals surface area (Å²) in [5.74, 6) is -1.46. The zero-order chi connectivity index (χ0) is 17.3. The van der Waals surface area contributed by atoms with Crippen LogP contribution in [0.1, 0.15) is 23.7 Å². The number of nitrogens with zero attached hydrogens (tertiary/aromatic N) is 2. The quantitative estimate of drug-likeness (QED) is 0.893. The van der Waals surface area contributed by atoms with E-state index >= 15 is 0 Å². The molecular weight excluding hydrogens is 330 g/mol. The van der Waals surface area contributed by atoms with E-state index in [2.05, 4.69) is 10.2 Å². The number of hydrogen-bond acceptors (Lipinski definition) is 3. The van der Waals surface area contributed by atoms with Crippen LogP contribution in [0.4, 0.5) is 0 Å². The number of benzene rings is 1. The van der Waals surface area contributed by atoms with Crippen molar-refractivity contribution in [2.24, 2.45) is 11.8 Å². The minimum atomic E-state index is -0.860. The molecule has 1 saturated heterocycles. The molecule has 2 atom stereocenters. The van der Waals surface area contributed by atoms with Crippen LogP contribution < -0.4 is 0 Å². The standard InChI is InChI=1S/C17H18ClN3O3/c1-10-5-12(17(23)24)9-21(8-10)16(22)14-7-19-20-15(14)11-3-2-4-13(18)6-11/h2-4,6-7,10,12H,5,8-9H2,1H3,(H,19,20)(H,23,24). The molecule has 2 unspecified atom stereocenters. The van der Waals surface area contributed by atoms with E-state index in [1.54, 1.807) is 23.1 Å². The lowest BCUT2D eigenvalue weighted by atomic mass is 9.90. The Hall–Kier alpha value is -2.34. The van der Waals surface area contributed by atoms with Gasteiger partial charge in [0.15, 0.2) is 0 Å². The molecule has 2 heterocycles. The van der Waals surface area contributed by atoms with Crippen LogP contribution in [0.3, 0.4) is 0 Å². The fraction of sp³-hybridized carbons (Fsp3) is 0.353. The Morgan fingerprint density at radius 2 is 2.17 bits per heavy atom. The highest BCUT2D eigenvalue weighted by Gasteiger charge is 2.33. The predicted octanol–water partition coefficient (Wildman–Crippen LogP) is 2.91. The minimum absolute atomic E-state index is 0.144. The van der Waals surface area contributed by atoms with E-state index in [1.165, 1.54) is 6.20 Å². The first kappa shape index (κ1) is 16.5. The maximum absolute atomic E-state index is 12.9. The first-order valence-electron chi connectivity index (χ1n) is 7.77. The molecule has 6 nitrogen and oxygen atoms in total. The average molecular weight is 348 g/mol. The van der Waals surface area contributed by atoms with Gasteiger partial charge in [0.2, 0.25) is 0 Å². The maximum atomic E-state index is 12.9. The summed E-state index contributed by atoms with van der Waals surface area (Å²) in [6, 6.07) is 7.16. The highest BCUT2D eigenvalue weighted by atomic mass is 35.5. The Morgan fingerprint density at radius 3 is 2.88 bits per heavy atom. The second-order valence-electron chi connectivity index (χ2n) is 6.26. The predicted molar refractivity (Wildman–Crippen MR) is 89.8 cm³/mol. The summed E-state index contributed by atoms with van der Waals surface area (Å²) in [6.07, 6.45) is 2.07. The van der Waals surface area contributed by atoms with Crippen LogP contribution in [0.2, 0.25) is 5.02 Å². The van der Waals surface area contributed by atoms with Crippen molar-refractivity contribution in [3.8, 4) is 11.3 Å². The van der Waals surface area contributed by atoms with Crippen LogP contribution in [-0.2, 0) is 4.79 Å². The van der Waals surface area contributed by atoms with Crippen LogP contribution in [0.25, 0.3) is 11.3 Å². The fourth-order valence-corrected chi connectivity index (χ4v) is 3.37. The molecular formula is C17H18ClN3O3. The molecule has 1 aliphatic rings. The van der Waals surface area contributed by atoms with Gasteiger partial charge in [-0.2, -0.15) is 5.10 Å². The molecule has 7 heteroatoms. The summed E-state index contributed by atoms with van der Waals surface area (Å²) in [5.41, 5.74) is 1.78. The number of aliphatic carboxylic acids is 1. The molecule has 1 aliphatic heterocycles. The first-order valence-corrected chi connectivity index (χ1v) is 8.15. The van der Waals surface area contributed by atoms with Crippen molar-refractivity contribution in [1.82, 2.24) is 15.1 Å². The number of H-pyrrole nitrogens is 1. The normalized spacial score (nSPS) is 20.8. The number of carbonyl (C=O) groups excluding carboxylic acids is 1. The molecule has 24 heavy (non-hydrogen) atoms.